The number of hydrogen-bond acceptors (Lipinski definition) is 5. The summed E-state index contributed by atoms with van der Waals surface area (Å²) < 4.78 is 1.96. The van der Waals surface area contributed by atoms with Crippen molar-refractivity contribution in [2.75, 3.05) is 5.43 Å². The molecule has 0 aliphatic heterocycles. The van der Waals surface area contributed by atoms with E-state index in [-0.39, 0.29) is 0 Å². The van der Waals surface area contributed by atoms with Crippen LogP contribution in [0.2, 0.25) is 0 Å². The minimum absolute atomic E-state index is 0.646. The van der Waals surface area contributed by atoms with Gasteiger partial charge in [-0.1, -0.05) is 36.4 Å². The Hall–Kier alpha value is -3.54. The lowest BCUT2D eigenvalue weighted by molar-refractivity contribution is 1.04. The molecule has 0 aliphatic rings. The van der Waals surface area contributed by atoms with Gasteiger partial charge in [-0.2, -0.15) is 10.2 Å². The fourth-order valence-electron chi connectivity index (χ4n) is 2.60. The monoisotopic (exact) mass is 328 g/mol. The summed E-state index contributed by atoms with van der Waals surface area (Å²) in [5.74, 6) is 0.646. The summed E-state index contributed by atoms with van der Waals surface area (Å²) >= 11 is 0. The van der Waals surface area contributed by atoms with Gasteiger partial charge in [0.1, 0.15) is 0 Å². The second kappa shape index (κ2) is 6.52. The number of hydrazone groups is 1. The lowest BCUT2D eigenvalue weighted by atomic mass is 10.1. The molecule has 2 heterocycles. The number of anilines is 1. The number of imidazole rings is 1. The maximum Gasteiger partial charge on any atom is 0.176 e. The number of nitrogens with one attached hydrogen (secondary N) is 1. The second-order valence-corrected chi connectivity index (χ2v) is 5.61. The normalized spacial score (nSPS) is 11.6. The molecule has 4 aromatic rings. The molecule has 0 saturated carbocycles. The fourth-order valence-corrected chi connectivity index (χ4v) is 2.60. The molecule has 1 N–H and O–H groups in total. The molecule has 6 nitrogen and oxygen atoms in total. The third kappa shape index (κ3) is 3.10. The zero-order valence-corrected chi connectivity index (χ0v) is 13.7. The van der Waals surface area contributed by atoms with Crippen LogP contribution in [0.1, 0.15) is 12.5 Å². The van der Waals surface area contributed by atoms with Gasteiger partial charge in [0.25, 0.3) is 0 Å². The highest BCUT2D eigenvalue weighted by Gasteiger charge is 2.03. The summed E-state index contributed by atoms with van der Waals surface area (Å²) in [7, 11) is 0. The van der Waals surface area contributed by atoms with E-state index in [9.17, 15) is 0 Å². The number of rotatable bonds is 4. The van der Waals surface area contributed by atoms with Crippen molar-refractivity contribution in [1.82, 2.24) is 19.7 Å². The van der Waals surface area contributed by atoms with E-state index in [1.807, 2.05) is 66.2 Å². The minimum Gasteiger partial charge on any atom is -0.306 e. The van der Waals surface area contributed by atoms with Crippen molar-refractivity contribution in [3.63, 3.8) is 0 Å². The molecule has 2 aromatic carbocycles. The number of aromatic nitrogens is 4. The van der Waals surface area contributed by atoms with Crippen LogP contribution in [0.3, 0.4) is 0 Å². The molecular weight excluding hydrogens is 312 g/mol. The molecule has 0 atom stereocenters. The Labute approximate surface area is 144 Å². The summed E-state index contributed by atoms with van der Waals surface area (Å²) in [5.41, 5.74) is 5.98. The largest absolute Gasteiger partial charge is 0.306 e. The first kappa shape index (κ1) is 15.0. The van der Waals surface area contributed by atoms with Crippen LogP contribution < -0.4 is 5.43 Å². The first-order chi connectivity index (χ1) is 12.3. The molecule has 0 spiro atoms. The average molecular weight is 328 g/mol. The summed E-state index contributed by atoms with van der Waals surface area (Å²) in [6.45, 7) is 1.96. The van der Waals surface area contributed by atoms with Gasteiger partial charge in [0.15, 0.2) is 5.82 Å². The zero-order valence-electron chi connectivity index (χ0n) is 13.7. The second-order valence-electron chi connectivity index (χ2n) is 5.61. The van der Waals surface area contributed by atoms with E-state index in [2.05, 4.69) is 25.7 Å². The van der Waals surface area contributed by atoms with E-state index in [1.165, 1.54) is 0 Å². The van der Waals surface area contributed by atoms with Gasteiger partial charge in [-0.15, -0.1) is 5.10 Å². The molecule has 0 radical (unpaired) electrons. The molecule has 0 amide bonds. The van der Waals surface area contributed by atoms with Crippen LogP contribution in [0.25, 0.3) is 16.5 Å². The first-order valence-corrected chi connectivity index (χ1v) is 7.91. The Morgan fingerprint density at radius 2 is 1.92 bits per heavy atom. The maximum absolute atomic E-state index is 4.45. The number of nitrogens with zero attached hydrogens (tertiary/aromatic N) is 5. The summed E-state index contributed by atoms with van der Waals surface area (Å²) in [5, 5.41) is 14.6. The number of fused-ring (bicyclic) bond motifs is 1. The number of benzene rings is 2. The molecule has 0 unspecified atom stereocenters. The van der Waals surface area contributed by atoms with Gasteiger partial charge in [0.05, 0.1) is 18.2 Å². The van der Waals surface area contributed by atoms with Gasteiger partial charge < -0.3 is 4.57 Å². The standard InChI is InChI=1S/C19H16N6/c1-14(15-6-8-17(9-7-15)25-11-10-20-13-25)22-24-19-18-5-3-2-4-16(18)12-21-23-19/h2-13H,1H3,(H,23,24)/b22-14+. The van der Waals surface area contributed by atoms with E-state index in [0.29, 0.717) is 5.82 Å². The van der Waals surface area contributed by atoms with Crippen LogP contribution in [-0.4, -0.2) is 25.5 Å². The SMILES string of the molecule is C/C(=N\Nc1nncc2ccccc12)c1ccc(-n2ccnc2)cc1. The van der Waals surface area contributed by atoms with Crippen molar-refractivity contribution < 1.29 is 0 Å². The Kier molecular flexibility index (Phi) is 3.92. The van der Waals surface area contributed by atoms with E-state index < -0.39 is 0 Å². The van der Waals surface area contributed by atoms with E-state index in [4.69, 9.17) is 0 Å². The van der Waals surface area contributed by atoms with E-state index >= 15 is 0 Å². The Morgan fingerprint density at radius 3 is 2.72 bits per heavy atom. The van der Waals surface area contributed by atoms with Crippen LogP contribution in [-0.2, 0) is 0 Å². The predicted molar refractivity (Wildman–Crippen MR) is 98.9 cm³/mol. The molecule has 0 saturated heterocycles. The van der Waals surface area contributed by atoms with E-state index in [0.717, 1.165) is 27.7 Å². The molecule has 2 aromatic heterocycles. The summed E-state index contributed by atoms with van der Waals surface area (Å²) in [4.78, 5) is 4.06. The molecule has 25 heavy (non-hydrogen) atoms. The van der Waals surface area contributed by atoms with Crippen molar-refractivity contribution in [2.45, 2.75) is 6.92 Å². The van der Waals surface area contributed by atoms with Crippen molar-refractivity contribution in [3.05, 3.63) is 79.0 Å². The van der Waals surface area contributed by atoms with E-state index in [1.54, 1.807) is 18.7 Å². The van der Waals surface area contributed by atoms with Gasteiger partial charge in [-0.25, -0.2) is 4.98 Å². The lowest BCUT2D eigenvalue weighted by Gasteiger charge is -2.06. The third-order valence-electron chi connectivity index (χ3n) is 3.99. The van der Waals surface area contributed by atoms with Crippen molar-refractivity contribution in [3.8, 4) is 5.69 Å². The van der Waals surface area contributed by atoms with Crippen molar-refractivity contribution >= 4 is 22.3 Å². The molecule has 0 aliphatic carbocycles. The number of hydrogen-bond donors (Lipinski definition) is 1. The van der Waals surface area contributed by atoms with Gasteiger partial charge in [0.2, 0.25) is 0 Å². The molecule has 0 bridgehead atoms. The molecule has 0 fully saturated rings. The smallest absolute Gasteiger partial charge is 0.176 e. The van der Waals surface area contributed by atoms with Gasteiger partial charge in [-0.05, 0) is 24.6 Å². The molecule has 122 valence electrons. The average Bonchev–Trinajstić information content (AvgIpc) is 3.21. The van der Waals surface area contributed by atoms with Gasteiger partial charge in [0, 0.05) is 28.9 Å². The highest BCUT2D eigenvalue weighted by Crippen LogP contribution is 2.19. The molecule has 4 rings (SSSR count). The zero-order chi connectivity index (χ0) is 17.1. The summed E-state index contributed by atoms with van der Waals surface area (Å²) in [6, 6.07) is 16.1. The predicted octanol–water partition coefficient (Wildman–Crippen LogP) is 3.65. The van der Waals surface area contributed by atoms with Crippen LogP contribution in [0.15, 0.2) is 78.6 Å². The Bertz CT molecular complexity index is 1010. The lowest BCUT2D eigenvalue weighted by Crippen LogP contribution is -2.02. The fraction of sp³-hybridized carbons (Fsp3) is 0.0526. The van der Waals surface area contributed by atoms with Gasteiger partial charge >= 0.3 is 0 Å². The van der Waals surface area contributed by atoms with Gasteiger partial charge in [-0.3, -0.25) is 5.43 Å². The third-order valence-corrected chi connectivity index (χ3v) is 3.99. The van der Waals surface area contributed by atoms with Crippen LogP contribution >= 0.6 is 0 Å². The highest BCUT2D eigenvalue weighted by atomic mass is 15.3. The Morgan fingerprint density at radius 1 is 1.08 bits per heavy atom. The van der Waals surface area contributed by atoms with Crippen LogP contribution in [0, 0.1) is 0 Å². The molecule has 6 heteroatoms. The maximum atomic E-state index is 4.45. The van der Waals surface area contributed by atoms with Crippen LogP contribution in [0.4, 0.5) is 5.82 Å². The highest BCUT2D eigenvalue weighted by molar-refractivity contribution is 5.99. The minimum atomic E-state index is 0.646. The first-order valence-electron chi connectivity index (χ1n) is 7.91. The molecular formula is C19H16N6. The van der Waals surface area contributed by atoms with Crippen molar-refractivity contribution in [1.29, 1.82) is 0 Å². The van der Waals surface area contributed by atoms with Crippen molar-refractivity contribution in [2.24, 2.45) is 5.10 Å². The Balaban J connectivity index is 1.57. The quantitative estimate of drug-likeness (QED) is 0.458. The summed E-state index contributed by atoms with van der Waals surface area (Å²) in [6.07, 6.45) is 7.19. The van der Waals surface area contributed by atoms with Crippen LogP contribution in [0.5, 0.6) is 0 Å². The topological polar surface area (TPSA) is 68.0 Å².